The summed E-state index contributed by atoms with van der Waals surface area (Å²) in [6, 6.07) is 7.64. The summed E-state index contributed by atoms with van der Waals surface area (Å²) in [5, 5.41) is 24.1. The fourth-order valence-electron chi connectivity index (χ4n) is 2.91. The molecule has 1 unspecified atom stereocenters. The fourth-order valence-corrected chi connectivity index (χ4v) is 4.00. The summed E-state index contributed by atoms with van der Waals surface area (Å²) < 4.78 is 6.95. The van der Waals surface area contributed by atoms with Crippen LogP contribution in [0.4, 0.5) is 0 Å². The van der Waals surface area contributed by atoms with Gasteiger partial charge in [-0.05, 0) is 31.2 Å². The van der Waals surface area contributed by atoms with Crippen molar-refractivity contribution in [1.29, 1.82) is 0 Å². The molecular weight excluding hydrogens is 340 g/mol. The first-order valence-corrected chi connectivity index (χ1v) is 9.10. The van der Waals surface area contributed by atoms with Crippen molar-refractivity contribution in [2.24, 2.45) is 0 Å². The molecule has 3 rings (SSSR count). The van der Waals surface area contributed by atoms with Crippen LogP contribution in [0.25, 0.3) is 4.96 Å². The van der Waals surface area contributed by atoms with E-state index < -0.39 is 0 Å². The number of aliphatic hydroxyl groups is 1. The van der Waals surface area contributed by atoms with Gasteiger partial charge in [0.15, 0.2) is 0 Å². The van der Waals surface area contributed by atoms with E-state index in [9.17, 15) is 10.2 Å². The molecule has 0 fully saturated rings. The van der Waals surface area contributed by atoms with Gasteiger partial charge in [0.2, 0.25) is 10.8 Å². The molecule has 0 aliphatic heterocycles. The maximum Gasteiger partial charge on any atom is 0.230 e. The van der Waals surface area contributed by atoms with Crippen molar-refractivity contribution in [3.8, 4) is 11.6 Å². The molecule has 0 amide bonds. The summed E-state index contributed by atoms with van der Waals surface area (Å²) in [6.07, 6.45) is 1.42. The maximum atomic E-state index is 10.6. The summed E-state index contributed by atoms with van der Waals surface area (Å²) >= 11 is 1.40. The first kappa shape index (κ1) is 17.7. The maximum absolute atomic E-state index is 10.6. The van der Waals surface area contributed by atoms with E-state index in [0.717, 1.165) is 22.7 Å². The predicted octanol–water partition coefficient (Wildman–Crippen LogP) is 2.30. The average Bonchev–Trinajstić information content (AvgIpc) is 3.20. The highest BCUT2D eigenvalue weighted by Gasteiger charge is 2.28. The summed E-state index contributed by atoms with van der Waals surface area (Å²) in [5.74, 6) is 0.898. The van der Waals surface area contributed by atoms with Gasteiger partial charge in [-0.15, -0.1) is 0 Å². The van der Waals surface area contributed by atoms with Crippen LogP contribution in [0.3, 0.4) is 0 Å². The molecule has 0 bridgehead atoms. The standard InChI is InChI=1S/C17H22N4O3S/c1-3-20(9-10-22)14(12-5-7-13(8-6-12)24-4-2)15-16(23)21-17(25-15)18-11-19-21/h5-8,11,14,22-23H,3-4,9-10H2,1-2H3. The van der Waals surface area contributed by atoms with Gasteiger partial charge >= 0.3 is 0 Å². The molecule has 0 spiro atoms. The number of nitrogens with zero attached hydrogens (tertiary/aromatic N) is 4. The van der Waals surface area contributed by atoms with E-state index in [1.54, 1.807) is 0 Å². The van der Waals surface area contributed by atoms with Crippen LogP contribution < -0.4 is 4.74 Å². The molecule has 0 aliphatic rings. The largest absolute Gasteiger partial charge is 0.494 e. The highest BCUT2D eigenvalue weighted by Crippen LogP contribution is 2.39. The van der Waals surface area contributed by atoms with E-state index >= 15 is 0 Å². The molecule has 134 valence electrons. The number of hydrogen-bond donors (Lipinski definition) is 2. The number of aliphatic hydroxyl groups excluding tert-OH is 1. The SMILES string of the molecule is CCOc1ccc(C(c2sc3ncnn3c2O)N(CC)CCO)cc1. The lowest BCUT2D eigenvalue weighted by atomic mass is 10.0. The first-order chi connectivity index (χ1) is 12.2. The van der Waals surface area contributed by atoms with Crippen LogP contribution in [-0.4, -0.2) is 56.0 Å². The van der Waals surface area contributed by atoms with Gasteiger partial charge in [0.05, 0.1) is 24.1 Å². The molecule has 1 atom stereocenters. The Morgan fingerprint density at radius 3 is 2.64 bits per heavy atom. The number of benzene rings is 1. The van der Waals surface area contributed by atoms with Crippen molar-refractivity contribution in [2.75, 3.05) is 26.3 Å². The molecule has 25 heavy (non-hydrogen) atoms. The highest BCUT2D eigenvalue weighted by atomic mass is 32.1. The number of fused-ring (bicyclic) bond motifs is 1. The van der Waals surface area contributed by atoms with Gasteiger partial charge in [-0.2, -0.15) is 9.61 Å². The van der Waals surface area contributed by atoms with E-state index in [1.165, 1.54) is 22.2 Å². The van der Waals surface area contributed by atoms with Crippen molar-refractivity contribution < 1.29 is 14.9 Å². The van der Waals surface area contributed by atoms with Gasteiger partial charge in [-0.3, -0.25) is 4.90 Å². The van der Waals surface area contributed by atoms with E-state index in [4.69, 9.17) is 4.74 Å². The second kappa shape index (κ2) is 7.81. The molecule has 0 aliphatic carbocycles. The van der Waals surface area contributed by atoms with Gasteiger partial charge in [-0.25, -0.2) is 4.98 Å². The topological polar surface area (TPSA) is 83.1 Å². The van der Waals surface area contributed by atoms with E-state index in [2.05, 4.69) is 15.0 Å². The van der Waals surface area contributed by atoms with Crippen LogP contribution >= 0.6 is 11.3 Å². The minimum Gasteiger partial charge on any atom is -0.494 e. The number of ether oxygens (including phenoxy) is 1. The number of rotatable bonds is 8. The first-order valence-electron chi connectivity index (χ1n) is 8.28. The van der Waals surface area contributed by atoms with E-state index in [-0.39, 0.29) is 18.5 Å². The number of aromatic nitrogens is 3. The molecule has 0 saturated heterocycles. The third kappa shape index (κ3) is 3.46. The van der Waals surface area contributed by atoms with E-state index in [0.29, 0.717) is 18.1 Å². The van der Waals surface area contributed by atoms with Crippen molar-refractivity contribution in [1.82, 2.24) is 19.5 Å². The molecule has 0 saturated carbocycles. The van der Waals surface area contributed by atoms with Crippen molar-refractivity contribution in [3.05, 3.63) is 41.0 Å². The van der Waals surface area contributed by atoms with Gasteiger partial charge in [0, 0.05) is 6.54 Å². The molecule has 7 nitrogen and oxygen atoms in total. The summed E-state index contributed by atoms with van der Waals surface area (Å²) in [5.41, 5.74) is 1.01. The number of aromatic hydroxyl groups is 1. The van der Waals surface area contributed by atoms with Crippen LogP contribution in [0.15, 0.2) is 30.6 Å². The Hall–Kier alpha value is -2.16. The Kier molecular flexibility index (Phi) is 5.52. The lowest BCUT2D eigenvalue weighted by Gasteiger charge is -2.29. The second-order valence-electron chi connectivity index (χ2n) is 5.50. The fraction of sp³-hybridized carbons (Fsp3) is 0.412. The van der Waals surface area contributed by atoms with Crippen molar-refractivity contribution in [3.63, 3.8) is 0 Å². The highest BCUT2D eigenvalue weighted by molar-refractivity contribution is 7.17. The van der Waals surface area contributed by atoms with Crippen LogP contribution in [0.1, 0.15) is 30.3 Å². The molecule has 0 radical (unpaired) electrons. The van der Waals surface area contributed by atoms with Crippen LogP contribution in [-0.2, 0) is 0 Å². The number of hydrogen-bond acceptors (Lipinski definition) is 7. The Bertz CT molecular complexity index is 815. The normalized spacial score (nSPS) is 12.8. The Morgan fingerprint density at radius 2 is 2.04 bits per heavy atom. The third-order valence-electron chi connectivity index (χ3n) is 4.05. The summed E-state index contributed by atoms with van der Waals surface area (Å²) in [6.45, 7) is 5.87. The van der Waals surface area contributed by atoms with Gasteiger partial charge in [0.25, 0.3) is 0 Å². The van der Waals surface area contributed by atoms with Crippen LogP contribution in [0, 0.1) is 0 Å². The Morgan fingerprint density at radius 1 is 1.28 bits per heavy atom. The summed E-state index contributed by atoms with van der Waals surface area (Å²) in [4.78, 5) is 7.68. The molecule has 2 N–H and O–H groups in total. The lowest BCUT2D eigenvalue weighted by molar-refractivity contribution is 0.174. The van der Waals surface area contributed by atoms with Crippen LogP contribution in [0.2, 0.25) is 0 Å². The molecule has 8 heteroatoms. The minimum absolute atomic E-state index is 0.0445. The second-order valence-corrected chi connectivity index (χ2v) is 6.51. The zero-order chi connectivity index (χ0) is 17.8. The van der Waals surface area contributed by atoms with Gasteiger partial charge in [-0.1, -0.05) is 30.4 Å². The molecular formula is C17H22N4O3S. The molecule has 1 aromatic carbocycles. The molecule has 2 heterocycles. The quantitative estimate of drug-likeness (QED) is 0.640. The third-order valence-corrected chi connectivity index (χ3v) is 5.14. The monoisotopic (exact) mass is 362 g/mol. The minimum atomic E-state index is -0.193. The zero-order valence-electron chi connectivity index (χ0n) is 14.3. The Balaban J connectivity index is 2.05. The smallest absolute Gasteiger partial charge is 0.230 e. The predicted molar refractivity (Wildman–Crippen MR) is 96.3 cm³/mol. The van der Waals surface area contributed by atoms with Crippen molar-refractivity contribution in [2.45, 2.75) is 19.9 Å². The molecule has 3 aromatic rings. The van der Waals surface area contributed by atoms with Gasteiger partial charge < -0.3 is 14.9 Å². The summed E-state index contributed by atoms with van der Waals surface area (Å²) in [7, 11) is 0. The van der Waals surface area contributed by atoms with Gasteiger partial charge in [0.1, 0.15) is 12.1 Å². The van der Waals surface area contributed by atoms with Crippen molar-refractivity contribution >= 4 is 16.3 Å². The average molecular weight is 362 g/mol. The lowest BCUT2D eigenvalue weighted by Crippen LogP contribution is -2.31. The Labute approximate surface area is 150 Å². The zero-order valence-corrected chi connectivity index (χ0v) is 15.1. The van der Waals surface area contributed by atoms with Crippen LogP contribution in [0.5, 0.6) is 11.6 Å². The number of thiazole rings is 1. The molecule has 2 aromatic heterocycles. The number of likely N-dealkylation sites (N-methyl/N-ethyl adjacent to an activating group) is 1. The van der Waals surface area contributed by atoms with E-state index in [1.807, 2.05) is 38.1 Å².